The molecule has 29 heavy (non-hydrogen) atoms. The van der Waals surface area contributed by atoms with E-state index in [-0.39, 0.29) is 29.9 Å². The molecule has 2 aromatic carbocycles. The summed E-state index contributed by atoms with van der Waals surface area (Å²) in [6.07, 6.45) is -2.76. The Morgan fingerprint density at radius 3 is 2.62 bits per heavy atom. The minimum atomic E-state index is -4.53. The second-order valence-electron chi connectivity index (χ2n) is 6.88. The van der Waals surface area contributed by atoms with Gasteiger partial charge in [0.25, 0.3) is 0 Å². The number of nitrogens with one attached hydrogen (secondary N) is 3. The molecule has 3 rings (SSSR count). The van der Waals surface area contributed by atoms with Crippen molar-refractivity contribution in [2.75, 3.05) is 23.7 Å². The third-order valence-electron chi connectivity index (χ3n) is 4.68. The van der Waals surface area contributed by atoms with Gasteiger partial charge in [-0.2, -0.15) is 13.2 Å². The SMILES string of the molecule is O=C(NCCNc1ccc(Cl)c(C(F)(F)F)c1)Nc1ccc2c(c1)CCC(O)C2. The molecule has 0 fully saturated rings. The molecular formula is C20H21ClF3N3O2. The summed E-state index contributed by atoms with van der Waals surface area (Å²) < 4.78 is 38.6. The molecule has 0 radical (unpaired) electrons. The van der Waals surface area contributed by atoms with Crippen LogP contribution in [0.1, 0.15) is 23.1 Å². The van der Waals surface area contributed by atoms with Gasteiger partial charge in [-0.25, -0.2) is 4.79 Å². The fraction of sp³-hybridized carbons (Fsp3) is 0.350. The Bertz CT molecular complexity index is 890. The molecule has 5 nitrogen and oxygen atoms in total. The van der Waals surface area contributed by atoms with E-state index in [4.69, 9.17) is 11.6 Å². The molecule has 0 saturated heterocycles. The van der Waals surface area contributed by atoms with Gasteiger partial charge in [0, 0.05) is 24.5 Å². The molecule has 4 N–H and O–H groups in total. The van der Waals surface area contributed by atoms with E-state index in [1.807, 2.05) is 12.1 Å². The van der Waals surface area contributed by atoms with E-state index in [0.717, 1.165) is 23.6 Å². The summed E-state index contributed by atoms with van der Waals surface area (Å²) in [6, 6.07) is 8.73. The largest absolute Gasteiger partial charge is 0.417 e. The van der Waals surface area contributed by atoms with Gasteiger partial charge < -0.3 is 21.1 Å². The predicted molar refractivity (Wildman–Crippen MR) is 106 cm³/mol. The number of benzene rings is 2. The molecule has 156 valence electrons. The number of fused-ring (bicyclic) bond motifs is 1. The van der Waals surface area contributed by atoms with Crippen molar-refractivity contribution in [2.24, 2.45) is 0 Å². The first-order valence-electron chi connectivity index (χ1n) is 9.18. The first-order valence-corrected chi connectivity index (χ1v) is 9.55. The topological polar surface area (TPSA) is 73.4 Å². The van der Waals surface area contributed by atoms with Crippen LogP contribution in [0, 0.1) is 0 Å². The number of aryl methyl sites for hydroxylation is 1. The number of aliphatic hydroxyl groups is 1. The van der Waals surface area contributed by atoms with Gasteiger partial charge in [0.15, 0.2) is 0 Å². The molecule has 1 atom stereocenters. The molecule has 0 aromatic heterocycles. The highest BCUT2D eigenvalue weighted by atomic mass is 35.5. The lowest BCUT2D eigenvalue weighted by Gasteiger charge is -2.21. The summed E-state index contributed by atoms with van der Waals surface area (Å²) in [5, 5.41) is 17.5. The van der Waals surface area contributed by atoms with Gasteiger partial charge in [0.05, 0.1) is 16.7 Å². The summed E-state index contributed by atoms with van der Waals surface area (Å²) in [4.78, 5) is 12.0. The van der Waals surface area contributed by atoms with Crippen LogP contribution in [-0.2, 0) is 19.0 Å². The zero-order chi connectivity index (χ0) is 21.0. The van der Waals surface area contributed by atoms with E-state index in [9.17, 15) is 23.1 Å². The highest BCUT2D eigenvalue weighted by Gasteiger charge is 2.33. The average molecular weight is 428 g/mol. The first-order chi connectivity index (χ1) is 13.7. The van der Waals surface area contributed by atoms with Crippen LogP contribution >= 0.6 is 11.6 Å². The molecule has 2 aromatic rings. The lowest BCUT2D eigenvalue weighted by Crippen LogP contribution is -2.32. The molecule has 0 aliphatic heterocycles. The number of urea groups is 1. The van der Waals surface area contributed by atoms with Crippen molar-refractivity contribution in [1.29, 1.82) is 0 Å². The molecule has 1 aliphatic rings. The van der Waals surface area contributed by atoms with Gasteiger partial charge in [0.2, 0.25) is 0 Å². The number of alkyl halides is 3. The van der Waals surface area contributed by atoms with Crippen molar-refractivity contribution in [1.82, 2.24) is 5.32 Å². The number of rotatable bonds is 5. The number of hydrogen-bond acceptors (Lipinski definition) is 3. The van der Waals surface area contributed by atoms with E-state index in [0.29, 0.717) is 18.5 Å². The molecule has 1 unspecified atom stereocenters. The third-order valence-corrected chi connectivity index (χ3v) is 5.01. The van der Waals surface area contributed by atoms with E-state index in [1.54, 1.807) is 6.07 Å². The van der Waals surface area contributed by atoms with E-state index >= 15 is 0 Å². The molecule has 9 heteroatoms. The first kappa shape index (κ1) is 21.3. The van der Waals surface area contributed by atoms with Gasteiger partial charge in [-0.15, -0.1) is 0 Å². The minimum absolute atomic E-state index is 0.215. The van der Waals surface area contributed by atoms with E-state index in [1.165, 1.54) is 12.1 Å². The van der Waals surface area contributed by atoms with Crippen LogP contribution in [0.4, 0.5) is 29.3 Å². The molecule has 0 bridgehead atoms. The molecule has 2 amide bonds. The Balaban J connectivity index is 1.46. The average Bonchev–Trinajstić information content (AvgIpc) is 2.65. The molecule has 0 heterocycles. The maximum absolute atomic E-state index is 12.9. The van der Waals surface area contributed by atoms with Crippen molar-refractivity contribution in [3.05, 3.63) is 58.1 Å². The maximum Gasteiger partial charge on any atom is 0.417 e. The van der Waals surface area contributed by atoms with Gasteiger partial charge in [0.1, 0.15) is 0 Å². The number of halogens is 4. The van der Waals surface area contributed by atoms with Crippen LogP contribution in [0.3, 0.4) is 0 Å². The fourth-order valence-corrected chi connectivity index (χ4v) is 3.45. The van der Waals surface area contributed by atoms with Crippen LogP contribution < -0.4 is 16.0 Å². The monoisotopic (exact) mass is 427 g/mol. The standard InChI is InChI=1S/C20H21ClF3N3O2/c21-18-6-4-14(11-17(18)20(22,23)24)25-7-8-26-19(29)27-15-3-1-13-10-16(28)5-2-12(13)9-15/h1,3-4,6,9,11,16,25,28H,2,5,7-8,10H2,(H2,26,27,29). The Labute approximate surface area is 171 Å². The summed E-state index contributed by atoms with van der Waals surface area (Å²) >= 11 is 5.59. The lowest BCUT2D eigenvalue weighted by molar-refractivity contribution is -0.137. The summed E-state index contributed by atoms with van der Waals surface area (Å²) in [5.74, 6) is 0. The number of carbonyl (C=O) groups is 1. The van der Waals surface area contributed by atoms with Gasteiger partial charge in [-0.3, -0.25) is 0 Å². The van der Waals surface area contributed by atoms with Gasteiger partial charge >= 0.3 is 12.2 Å². The van der Waals surface area contributed by atoms with Crippen LogP contribution in [-0.4, -0.2) is 30.3 Å². The highest BCUT2D eigenvalue weighted by Crippen LogP contribution is 2.36. The van der Waals surface area contributed by atoms with Crippen LogP contribution in [0.5, 0.6) is 0 Å². The lowest BCUT2D eigenvalue weighted by atomic mass is 9.89. The quantitative estimate of drug-likeness (QED) is 0.533. The predicted octanol–water partition coefficient (Wildman–Crippen LogP) is 4.44. The number of anilines is 2. The van der Waals surface area contributed by atoms with Crippen molar-refractivity contribution in [3.63, 3.8) is 0 Å². The second-order valence-corrected chi connectivity index (χ2v) is 7.29. The van der Waals surface area contributed by atoms with Crippen LogP contribution in [0.25, 0.3) is 0 Å². The highest BCUT2D eigenvalue weighted by molar-refractivity contribution is 6.31. The third kappa shape index (κ3) is 5.77. The second kappa shape index (κ2) is 8.92. The van der Waals surface area contributed by atoms with E-state index < -0.39 is 17.8 Å². The molecule has 0 saturated carbocycles. The number of amides is 2. The zero-order valence-electron chi connectivity index (χ0n) is 15.4. The number of hydrogen-bond donors (Lipinski definition) is 4. The van der Waals surface area contributed by atoms with Crippen molar-refractivity contribution in [2.45, 2.75) is 31.5 Å². The molecule has 1 aliphatic carbocycles. The smallest absolute Gasteiger partial charge is 0.393 e. The minimum Gasteiger partial charge on any atom is -0.393 e. The normalized spacial score (nSPS) is 16.1. The Morgan fingerprint density at radius 2 is 1.86 bits per heavy atom. The van der Waals surface area contributed by atoms with Crippen molar-refractivity contribution < 1.29 is 23.1 Å². The summed E-state index contributed by atoms with van der Waals surface area (Å²) in [7, 11) is 0. The zero-order valence-corrected chi connectivity index (χ0v) is 16.2. The summed E-state index contributed by atoms with van der Waals surface area (Å²) in [6.45, 7) is 0.460. The Kier molecular flexibility index (Phi) is 6.54. The maximum atomic E-state index is 12.9. The van der Waals surface area contributed by atoms with Gasteiger partial charge in [-0.1, -0.05) is 17.7 Å². The molecular weight excluding hydrogens is 407 g/mol. The molecule has 0 spiro atoms. The fourth-order valence-electron chi connectivity index (χ4n) is 3.22. The van der Waals surface area contributed by atoms with Crippen LogP contribution in [0.2, 0.25) is 5.02 Å². The van der Waals surface area contributed by atoms with Crippen molar-refractivity contribution >= 4 is 29.0 Å². The Hall–Kier alpha value is -2.45. The summed E-state index contributed by atoms with van der Waals surface area (Å²) in [5.41, 5.74) is 2.20. The van der Waals surface area contributed by atoms with Crippen LogP contribution in [0.15, 0.2) is 36.4 Å². The number of carbonyl (C=O) groups excluding carboxylic acids is 1. The van der Waals surface area contributed by atoms with E-state index in [2.05, 4.69) is 16.0 Å². The Morgan fingerprint density at radius 1 is 1.10 bits per heavy atom. The van der Waals surface area contributed by atoms with Crippen molar-refractivity contribution in [3.8, 4) is 0 Å². The van der Waals surface area contributed by atoms with Gasteiger partial charge in [-0.05, 0) is 60.7 Å². The number of aliphatic hydroxyl groups excluding tert-OH is 1.